The predicted octanol–water partition coefficient (Wildman–Crippen LogP) is 5.48. The molecule has 1 aromatic heterocycles. The number of nitrogens with one attached hydrogen (secondary N) is 1. The van der Waals surface area contributed by atoms with E-state index in [-0.39, 0.29) is 18.6 Å². The zero-order valence-electron chi connectivity index (χ0n) is 21.1. The number of hydrogen-bond donors (Lipinski definition) is 2. The van der Waals surface area contributed by atoms with Crippen molar-refractivity contribution in [1.82, 2.24) is 9.88 Å². The molecular formula is C26H35N3O5. The Labute approximate surface area is 201 Å². The first kappa shape index (κ1) is 25.3. The van der Waals surface area contributed by atoms with Gasteiger partial charge in [0.25, 0.3) is 0 Å². The van der Waals surface area contributed by atoms with Gasteiger partial charge in [0.15, 0.2) is 0 Å². The monoisotopic (exact) mass is 469 g/mol. The highest BCUT2D eigenvalue weighted by molar-refractivity contribution is 5.89. The smallest absolute Gasteiger partial charge is 0.408 e. The average Bonchev–Trinajstić information content (AvgIpc) is 2.70. The molecular weight excluding hydrogens is 434 g/mol. The summed E-state index contributed by atoms with van der Waals surface area (Å²) in [4.78, 5) is 29.3. The summed E-state index contributed by atoms with van der Waals surface area (Å²) in [5.41, 5.74) is 3.10. The molecule has 1 unspecified atom stereocenters. The van der Waals surface area contributed by atoms with Crippen LogP contribution in [0.1, 0.15) is 59.1 Å². The zero-order valence-corrected chi connectivity index (χ0v) is 21.1. The Hall–Kier alpha value is -3.29. The van der Waals surface area contributed by atoms with Gasteiger partial charge in [-0.05, 0) is 63.8 Å². The second-order valence-electron chi connectivity index (χ2n) is 10.2. The maximum atomic E-state index is 12.1. The highest BCUT2D eigenvalue weighted by Gasteiger charge is 2.34. The number of hydrogen-bond acceptors (Lipinski definition) is 5. The van der Waals surface area contributed by atoms with Gasteiger partial charge in [0, 0.05) is 35.3 Å². The quantitative estimate of drug-likeness (QED) is 0.557. The minimum atomic E-state index is -0.951. The summed E-state index contributed by atoms with van der Waals surface area (Å²) in [5, 5.41) is 12.6. The molecule has 1 aliphatic heterocycles. The van der Waals surface area contributed by atoms with Gasteiger partial charge in [-0.25, -0.2) is 9.78 Å². The molecule has 8 heteroatoms. The van der Waals surface area contributed by atoms with Crippen LogP contribution >= 0.6 is 0 Å². The number of nitrogens with zero attached hydrogens (tertiary/aromatic N) is 2. The molecule has 0 bridgehead atoms. The Morgan fingerprint density at radius 2 is 1.97 bits per heavy atom. The van der Waals surface area contributed by atoms with Crippen LogP contribution in [0.4, 0.5) is 10.6 Å². The van der Waals surface area contributed by atoms with Crippen LogP contribution in [0.3, 0.4) is 0 Å². The Kier molecular flexibility index (Phi) is 7.38. The van der Waals surface area contributed by atoms with Crippen molar-refractivity contribution in [2.24, 2.45) is 5.92 Å². The Balaban J connectivity index is 1.89. The van der Waals surface area contributed by atoms with Gasteiger partial charge in [0.05, 0.1) is 6.04 Å². The predicted molar refractivity (Wildman–Crippen MR) is 131 cm³/mol. The van der Waals surface area contributed by atoms with Crippen molar-refractivity contribution in [3.05, 3.63) is 35.5 Å². The molecule has 2 amide bonds. The first-order chi connectivity index (χ1) is 15.9. The molecule has 0 saturated heterocycles. The van der Waals surface area contributed by atoms with E-state index < -0.39 is 11.6 Å². The molecule has 1 aromatic carbocycles. The highest BCUT2D eigenvalue weighted by atomic mass is 16.5. The van der Waals surface area contributed by atoms with Crippen molar-refractivity contribution in [3.63, 3.8) is 0 Å². The third-order valence-electron chi connectivity index (χ3n) is 5.78. The fourth-order valence-electron chi connectivity index (χ4n) is 4.45. The number of fused-ring (bicyclic) bond motifs is 3. The molecule has 34 heavy (non-hydrogen) atoms. The lowest BCUT2D eigenvalue weighted by atomic mass is 9.96. The van der Waals surface area contributed by atoms with Crippen molar-refractivity contribution in [2.75, 3.05) is 11.9 Å². The van der Waals surface area contributed by atoms with Crippen LogP contribution in [0, 0.1) is 12.8 Å². The van der Waals surface area contributed by atoms with E-state index in [1.807, 2.05) is 45.9 Å². The van der Waals surface area contributed by atoms with Crippen molar-refractivity contribution in [3.8, 4) is 22.6 Å². The van der Waals surface area contributed by atoms with E-state index in [0.717, 1.165) is 28.0 Å². The number of carbonyl (C=O) groups excluding carboxylic acids is 1. The number of carbonyl (C=O) groups is 2. The third kappa shape index (κ3) is 5.61. The first-order valence-corrected chi connectivity index (χ1v) is 11.6. The molecule has 0 spiro atoms. The van der Waals surface area contributed by atoms with Gasteiger partial charge >= 0.3 is 6.09 Å². The van der Waals surface area contributed by atoms with E-state index in [9.17, 15) is 14.7 Å². The van der Waals surface area contributed by atoms with Crippen LogP contribution in [-0.2, 0) is 11.4 Å². The van der Waals surface area contributed by atoms with E-state index in [0.29, 0.717) is 30.5 Å². The molecule has 184 valence electrons. The summed E-state index contributed by atoms with van der Waals surface area (Å²) < 4.78 is 12.2. The molecule has 3 rings (SSSR count). The number of carboxylic acid groups (broad SMARTS) is 1. The molecule has 8 nitrogen and oxygen atoms in total. The molecule has 2 heterocycles. The summed E-state index contributed by atoms with van der Waals surface area (Å²) in [5.74, 6) is 2.00. The standard InChI is InChI=1S/C26H35N3O5/c1-15(2)10-19(29(25(31)32)26(5,6)7)14-33-22-9-8-20-21-11-23(28-17(4)30)27-12-18(21)13-34-24(20)16(22)3/h8-9,11-12,15,19H,10,13-14H2,1-7H3,(H,31,32)(H,27,28,30). The Bertz CT molecular complexity index is 1070. The number of ether oxygens (including phenoxy) is 2. The van der Waals surface area contributed by atoms with Gasteiger partial charge in [-0.15, -0.1) is 0 Å². The van der Waals surface area contributed by atoms with Crippen molar-refractivity contribution < 1.29 is 24.2 Å². The van der Waals surface area contributed by atoms with Gasteiger partial charge in [-0.2, -0.15) is 0 Å². The average molecular weight is 470 g/mol. The minimum absolute atomic E-state index is 0.179. The van der Waals surface area contributed by atoms with Gasteiger partial charge in [-0.3, -0.25) is 9.69 Å². The lowest BCUT2D eigenvalue weighted by molar-refractivity contribution is -0.114. The van der Waals surface area contributed by atoms with E-state index in [4.69, 9.17) is 9.47 Å². The van der Waals surface area contributed by atoms with E-state index in [2.05, 4.69) is 24.1 Å². The zero-order chi connectivity index (χ0) is 25.2. The van der Waals surface area contributed by atoms with Crippen LogP contribution in [0.25, 0.3) is 11.1 Å². The minimum Gasteiger partial charge on any atom is -0.491 e. The maximum Gasteiger partial charge on any atom is 0.408 e. The van der Waals surface area contributed by atoms with Crippen LogP contribution < -0.4 is 14.8 Å². The largest absolute Gasteiger partial charge is 0.491 e. The van der Waals surface area contributed by atoms with E-state index >= 15 is 0 Å². The maximum absolute atomic E-state index is 12.1. The molecule has 0 radical (unpaired) electrons. The highest BCUT2D eigenvalue weighted by Crippen LogP contribution is 2.43. The number of rotatable bonds is 7. The first-order valence-electron chi connectivity index (χ1n) is 11.6. The molecule has 0 fully saturated rings. The van der Waals surface area contributed by atoms with Crippen LogP contribution in [0.15, 0.2) is 24.4 Å². The number of benzene rings is 1. The number of aromatic nitrogens is 1. The van der Waals surface area contributed by atoms with Crippen molar-refractivity contribution in [2.45, 2.75) is 73.1 Å². The number of pyridine rings is 1. The lowest BCUT2D eigenvalue weighted by Gasteiger charge is -2.40. The molecule has 1 atom stereocenters. The Morgan fingerprint density at radius 3 is 2.56 bits per heavy atom. The lowest BCUT2D eigenvalue weighted by Crippen LogP contribution is -2.53. The van der Waals surface area contributed by atoms with E-state index in [1.165, 1.54) is 11.8 Å². The van der Waals surface area contributed by atoms with Gasteiger partial charge in [-0.1, -0.05) is 13.8 Å². The van der Waals surface area contributed by atoms with Gasteiger partial charge < -0.3 is 19.9 Å². The van der Waals surface area contributed by atoms with Gasteiger partial charge in [0.2, 0.25) is 5.91 Å². The fourth-order valence-corrected chi connectivity index (χ4v) is 4.45. The molecule has 1 aliphatic rings. The summed E-state index contributed by atoms with van der Waals surface area (Å²) in [6.07, 6.45) is 1.45. The third-order valence-corrected chi connectivity index (χ3v) is 5.78. The molecule has 2 aromatic rings. The molecule has 2 N–H and O–H groups in total. The summed E-state index contributed by atoms with van der Waals surface area (Å²) >= 11 is 0. The summed E-state index contributed by atoms with van der Waals surface area (Å²) in [6.45, 7) is 13.8. The fraction of sp³-hybridized carbons (Fsp3) is 0.500. The Morgan fingerprint density at radius 1 is 1.26 bits per heavy atom. The van der Waals surface area contributed by atoms with E-state index in [1.54, 1.807) is 6.20 Å². The molecule has 0 saturated carbocycles. The van der Waals surface area contributed by atoms with Crippen LogP contribution in [0.5, 0.6) is 11.5 Å². The SMILES string of the molecule is CC(=O)Nc1cc2c(cn1)COc1c-2ccc(OCC(CC(C)C)N(C(=O)O)C(C)(C)C)c1C. The second kappa shape index (κ2) is 9.91. The van der Waals surface area contributed by atoms with Crippen LogP contribution in [-0.4, -0.2) is 45.2 Å². The summed E-state index contributed by atoms with van der Waals surface area (Å²) in [7, 11) is 0. The van der Waals surface area contributed by atoms with Crippen molar-refractivity contribution in [1.29, 1.82) is 0 Å². The van der Waals surface area contributed by atoms with Crippen molar-refractivity contribution >= 4 is 17.8 Å². The van der Waals surface area contributed by atoms with Gasteiger partial charge in [0.1, 0.15) is 30.5 Å². The number of anilines is 1. The summed E-state index contributed by atoms with van der Waals surface area (Å²) in [6, 6.07) is 5.38. The van der Waals surface area contributed by atoms with Crippen LogP contribution in [0.2, 0.25) is 0 Å². The normalized spacial score (nSPS) is 13.4. The second-order valence-corrected chi connectivity index (χ2v) is 10.2. The number of amides is 2. The molecule has 0 aliphatic carbocycles. The topological polar surface area (TPSA) is 101 Å².